The number of hydrogen-bond donors (Lipinski definition) is 0. The van der Waals surface area contributed by atoms with Crippen molar-refractivity contribution in [2.45, 2.75) is 32.6 Å². The molecule has 1 aliphatic carbocycles. The van der Waals surface area contributed by atoms with Crippen molar-refractivity contribution >= 4 is 0 Å². The maximum absolute atomic E-state index is 4.15. The van der Waals surface area contributed by atoms with Crippen molar-refractivity contribution in [2.24, 2.45) is 5.92 Å². The molecule has 0 nitrogen and oxygen atoms in total. The molecule has 1 aliphatic rings. The van der Waals surface area contributed by atoms with Gasteiger partial charge in [-0.1, -0.05) is 54.1 Å². The third-order valence-electron chi connectivity index (χ3n) is 3.56. The van der Waals surface area contributed by atoms with Crippen LogP contribution in [0.2, 0.25) is 0 Å². The lowest BCUT2D eigenvalue weighted by molar-refractivity contribution is 0.483. The first-order chi connectivity index (χ1) is 7.68. The summed E-state index contributed by atoms with van der Waals surface area (Å²) >= 11 is 0. The van der Waals surface area contributed by atoms with Gasteiger partial charge in [0, 0.05) is 5.92 Å². The zero-order valence-corrected chi connectivity index (χ0v) is 10.2. The van der Waals surface area contributed by atoms with Crippen LogP contribution in [0.5, 0.6) is 0 Å². The Morgan fingerprint density at radius 2 is 1.94 bits per heavy atom. The van der Waals surface area contributed by atoms with E-state index < -0.39 is 0 Å². The van der Waals surface area contributed by atoms with Crippen LogP contribution in [0.15, 0.2) is 54.1 Å². The van der Waals surface area contributed by atoms with Crippen LogP contribution < -0.4 is 0 Å². The molecule has 1 aromatic carbocycles. The molecular weight excluding hydrogens is 192 g/mol. The number of allylic oxidation sites excluding steroid dienone is 3. The monoisotopic (exact) mass is 212 g/mol. The van der Waals surface area contributed by atoms with Gasteiger partial charge in [-0.2, -0.15) is 0 Å². The Labute approximate surface area is 98.7 Å². The molecule has 0 aliphatic heterocycles. The largest absolute Gasteiger partial charge is 0.0998 e. The summed E-state index contributed by atoms with van der Waals surface area (Å²) in [4.78, 5) is 0. The molecule has 0 saturated carbocycles. The summed E-state index contributed by atoms with van der Waals surface area (Å²) in [7, 11) is 0. The van der Waals surface area contributed by atoms with E-state index in [9.17, 15) is 0 Å². The molecule has 0 fully saturated rings. The third kappa shape index (κ3) is 2.27. The van der Waals surface area contributed by atoms with Gasteiger partial charge in [-0.25, -0.2) is 0 Å². The fourth-order valence-electron chi connectivity index (χ4n) is 2.63. The summed E-state index contributed by atoms with van der Waals surface area (Å²) in [5, 5.41) is 0. The normalized spacial score (nSPS) is 25.0. The number of rotatable bonds is 2. The van der Waals surface area contributed by atoms with E-state index in [1.807, 2.05) is 0 Å². The Kier molecular flexibility index (Phi) is 3.28. The van der Waals surface area contributed by atoms with Gasteiger partial charge >= 0.3 is 0 Å². The molecule has 2 atom stereocenters. The van der Waals surface area contributed by atoms with Crippen molar-refractivity contribution in [3.63, 3.8) is 0 Å². The molecule has 0 saturated heterocycles. The van der Waals surface area contributed by atoms with E-state index in [4.69, 9.17) is 0 Å². The molecular formula is C16H20. The van der Waals surface area contributed by atoms with E-state index >= 15 is 0 Å². The topological polar surface area (TPSA) is 0 Å². The van der Waals surface area contributed by atoms with Gasteiger partial charge in [0.05, 0.1) is 0 Å². The van der Waals surface area contributed by atoms with Crippen LogP contribution >= 0.6 is 0 Å². The summed E-state index contributed by atoms with van der Waals surface area (Å²) in [5.74, 6) is 1.15. The van der Waals surface area contributed by atoms with Crippen LogP contribution in [0.3, 0.4) is 0 Å². The van der Waals surface area contributed by atoms with E-state index in [0.717, 1.165) is 0 Å². The van der Waals surface area contributed by atoms with Gasteiger partial charge in [0.1, 0.15) is 0 Å². The highest BCUT2D eigenvalue weighted by molar-refractivity contribution is 5.30. The Bertz CT molecular complexity index is 397. The Balaban J connectivity index is 2.35. The van der Waals surface area contributed by atoms with E-state index in [2.05, 4.69) is 56.8 Å². The first kappa shape index (κ1) is 11.2. The van der Waals surface area contributed by atoms with Crippen molar-refractivity contribution in [3.05, 3.63) is 59.7 Å². The summed E-state index contributed by atoms with van der Waals surface area (Å²) in [5.41, 5.74) is 4.26. The van der Waals surface area contributed by atoms with Gasteiger partial charge in [-0.15, -0.1) is 0 Å². The molecule has 2 rings (SSSR count). The molecule has 0 spiro atoms. The van der Waals surface area contributed by atoms with E-state index in [0.29, 0.717) is 11.8 Å². The fraction of sp³-hybridized carbons (Fsp3) is 0.375. The molecule has 0 heteroatoms. The number of benzene rings is 1. The van der Waals surface area contributed by atoms with Gasteiger partial charge in [-0.3, -0.25) is 0 Å². The molecule has 0 N–H and O–H groups in total. The van der Waals surface area contributed by atoms with Gasteiger partial charge in [0.15, 0.2) is 0 Å². The quantitative estimate of drug-likeness (QED) is 0.623. The van der Waals surface area contributed by atoms with Crippen molar-refractivity contribution in [1.29, 1.82) is 0 Å². The molecule has 0 aromatic heterocycles. The van der Waals surface area contributed by atoms with E-state index in [1.54, 1.807) is 0 Å². The SMILES string of the molecule is C=C(C)[C@H]1CCC(C)=C[C@@H]1c1ccccc1. The minimum atomic E-state index is 0.535. The van der Waals surface area contributed by atoms with Crippen LogP contribution in [0.25, 0.3) is 0 Å². The van der Waals surface area contributed by atoms with E-state index in [-0.39, 0.29) is 0 Å². The van der Waals surface area contributed by atoms with Gasteiger partial charge in [-0.05, 0) is 38.2 Å². The van der Waals surface area contributed by atoms with Crippen molar-refractivity contribution in [2.75, 3.05) is 0 Å². The predicted octanol–water partition coefficient (Wildman–Crippen LogP) is 4.70. The average molecular weight is 212 g/mol. The van der Waals surface area contributed by atoms with Crippen molar-refractivity contribution in [3.8, 4) is 0 Å². The summed E-state index contributed by atoms with van der Waals surface area (Å²) in [6.45, 7) is 8.55. The minimum Gasteiger partial charge on any atom is -0.0998 e. The third-order valence-corrected chi connectivity index (χ3v) is 3.56. The Morgan fingerprint density at radius 3 is 2.56 bits per heavy atom. The first-order valence-electron chi connectivity index (χ1n) is 6.06. The Morgan fingerprint density at radius 1 is 1.25 bits per heavy atom. The maximum Gasteiger partial charge on any atom is 0.00859 e. The lowest BCUT2D eigenvalue weighted by Crippen LogP contribution is -2.16. The zero-order chi connectivity index (χ0) is 11.5. The highest BCUT2D eigenvalue weighted by atomic mass is 14.3. The standard InChI is InChI=1S/C16H20/c1-12(2)15-10-9-13(3)11-16(15)14-7-5-4-6-8-14/h4-8,11,15-16H,1,9-10H2,2-3H3/t15-,16-/m1/s1. The highest BCUT2D eigenvalue weighted by Crippen LogP contribution is 2.39. The molecule has 1 aromatic rings. The van der Waals surface area contributed by atoms with Gasteiger partial charge < -0.3 is 0 Å². The van der Waals surface area contributed by atoms with Crippen molar-refractivity contribution < 1.29 is 0 Å². The zero-order valence-electron chi connectivity index (χ0n) is 10.2. The Hall–Kier alpha value is -1.30. The second-order valence-corrected chi connectivity index (χ2v) is 4.94. The first-order valence-corrected chi connectivity index (χ1v) is 6.06. The van der Waals surface area contributed by atoms with Crippen LogP contribution in [0.1, 0.15) is 38.2 Å². The molecule has 16 heavy (non-hydrogen) atoms. The lowest BCUT2D eigenvalue weighted by atomic mass is 9.74. The van der Waals surface area contributed by atoms with Crippen molar-refractivity contribution in [1.82, 2.24) is 0 Å². The predicted molar refractivity (Wildman–Crippen MR) is 70.5 cm³/mol. The average Bonchev–Trinajstić information content (AvgIpc) is 2.29. The second-order valence-electron chi connectivity index (χ2n) is 4.94. The van der Waals surface area contributed by atoms with Crippen LogP contribution in [-0.4, -0.2) is 0 Å². The maximum atomic E-state index is 4.15. The molecule has 0 unspecified atom stereocenters. The lowest BCUT2D eigenvalue weighted by Gasteiger charge is -2.30. The van der Waals surface area contributed by atoms with E-state index in [1.165, 1.54) is 29.6 Å². The molecule has 84 valence electrons. The van der Waals surface area contributed by atoms with Gasteiger partial charge in [0.25, 0.3) is 0 Å². The molecule has 0 amide bonds. The van der Waals surface area contributed by atoms with Crippen LogP contribution in [0, 0.1) is 5.92 Å². The van der Waals surface area contributed by atoms with Gasteiger partial charge in [0.2, 0.25) is 0 Å². The molecule has 0 radical (unpaired) electrons. The second kappa shape index (κ2) is 4.69. The number of hydrogen-bond acceptors (Lipinski definition) is 0. The summed E-state index contributed by atoms with van der Waals surface area (Å²) in [6, 6.07) is 10.8. The fourth-order valence-corrected chi connectivity index (χ4v) is 2.63. The molecule has 0 heterocycles. The minimum absolute atomic E-state index is 0.535. The summed E-state index contributed by atoms with van der Waals surface area (Å²) < 4.78 is 0. The van der Waals surface area contributed by atoms with Crippen LogP contribution in [-0.2, 0) is 0 Å². The summed E-state index contributed by atoms with van der Waals surface area (Å²) in [6.07, 6.45) is 4.90. The molecule has 0 bridgehead atoms. The smallest absolute Gasteiger partial charge is 0.00859 e. The van der Waals surface area contributed by atoms with Crippen LogP contribution in [0.4, 0.5) is 0 Å². The highest BCUT2D eigenvalue weighted by Gasteiger charge is 2.25.